The lowest BCUT2D eigenvalue weighted by atomic mass is 10.1. The predicted molar refractivity (Wildman–Crippen MR) is 89.1 cm³/mol. The SMILES string of the molecule is COc1ccc(C(O)CNS(=O)(=O)c2ccc(C)c(C)c2)cc1. The van der Waals surface area contributed by atoms with Crippen LogP contribution in [-0.2, 0) is 10.0 Å². The number of methoxy groups -OCH3 is 1. The summed E-state index contributed by atoms with van der Waals surface area (Å²) in [7, 11) is -2.09. The molecule has 0 radical (unpaired) electrons. The van der Waals surface area contributed by atoms with Gasteiger partial charge in [0.05, 0.1) is 18.1 Å². The summed E-state index contributed by atoms with van der Waals surface area (Å²) in [5.74, 6) is 0.677. The van der Waals surface area contributed by atoms with Gasteiger partial charge in [-0.2, -0.15) is 0 Å². The molecule has 0 heterocycles. The quantitative estimate of drug-likeness (QED) is 0.849. The number of aliphatic hydroxyl groups is 1. The third-order valence-electron chi connectivity index (χ3n) is 3.76. The molecule has 6 heteroatoms. The zero-order valence-electron chi connectivity index (χ0n) is 13.4. The Morgan fingerprint density at radius 1 is 1.09 bits per heavy atom. The standard InChI is InChI=1S/C17H21NO4S/c1-12-4-9-16(10-13(12)2)23(20,21)18-11-17(19)14-5-7-15(22-3)8-6-14/h4-10,17-19H,11H2,1-3H3. The van der Waals surface area contributed by atoms with Gasteiger partial charge >= 0.3 is 0 Å². The summed E-state index contributed by atoms with van der Waals surface area (Å²) in [6, 6.07) is 11.8. The Balaban J connectivity index is 2.06. The first-order valence-electron chi connectivity index (χ1n) is 7.22. The molecule has 0 saturated carbocycles. The largest absolute Gasteiger partial charge is 0.497 e. The highest BCUT2D eigenvalue weighted by Gasteiger charge is 2.17. The number of sulfonamides is 1. The molecule has 2 aromatic carbocycles. The minimum Gasteiger partial charge on any atom is -0.497 e. The van der Waals surface area contributed by atoms with Crippen molar-refractivity contribution in [1.82, 2.24) is 4.72 Å². The number of benzene rings is 2. The van der Waals surface area contributed by atoms with Crippen molar-refractivity contribution in [3.63, 3.8) is 0 Å². The fraction of sp³-hybridized carbons (Fsp3) is 0.294. The van der Waals surface area contributed by atoms with Crippen LogP contribution in [-0.4, -0.2) is 27.2 Å². The molecule has 0 aliphatic heterocycles. The first kappa shape index (κ1) is 17.5. The van der Waals surface area contributed by atoms with Crippen molar-refractivity contribution in [2.75, 3.05) is 13.7 Å². The number of hydrogen-bond donors (Lipinski definition) is 2. The number of hydrogen-bond acceptors (Lipinski definition) is 4. The number of aliphatic hydroxyl groups excluding tert-OH is 1. The van der Waals surface area contributed by atoms with Gasteiger partial charge in [-0.15, -0.1) is 0 Å². The Labute approximate surface area is 137 Å². The van der Waals surface area contributed by atoms with Crippen LogP contribution in [0, 0.1) is 13.8 Å². The van der Waals surface area contributed by atoms with E-state index in [1.165, 1.54) is 0 Å². The Morgan fingerprint density at radius 3 is 2.30 bits per heavy atom. The van der Waals surface area contributed by atoms with E-state index in [2.05, 4.69) is 4.72 Å². The maximum absolute atomic E-state index is 12.3. The molecule has 5 nitrogen and oxygen atoms in total. The summed E-state index contributed by atoms with van der Waals surface area (Å²) in [5.41, 5.74) is 2.55. The minimum atomic E-state index is -3.65. The van der Waals surface area contributed by atoms with E-state index in [0.29, 0.717) is 11.3 Å². The van der Waals surface area contributed by atoms with Crippen molar-refractivity contribution in [3.05, 3.63) is 59.2 Å². The van der Waals surface area contributed by atoms with Crippen LogP contribution in [0.2, 0.25) is 0 Å². The van der Waals surface area contributed by atoms with Gasteiger partial charge in [0.15, 0.2) is 0 Å². The monoisotopic (exact) mass is 335 g/mol. The zero-order valence-corrected chi connectivity index (χ0v) is 14.2. The Hall–Kier alpha value is -1.89. The van der Waals surface area contributed by atoms with E-state index in [-0.39, 0.29) is 11.4 Å². The first-order valence-corrected chi connectivity index (χ1v) is 8.71. The van der Waals surface area contributed by atoms with Gasteiger partial charge in [-0.05, 0) is 54.8 Å². The molecule has 2 rings (SSSR count). The summed E-state index contributed by atoms with van der Waals surface area (Å²) < 4.78 is 32.1. The summed E-state index contributed by atoms with van der Waals surface area (Å²) in [6.45, 7) is 3.69. The lowest BCUT2D eigenvalue weighted by molar-refractivity contribution is 0.182. The maximum Gasteiger partial charge on any atom is 0.240 e. The second-order valence-electron chi connectivity index (χ2n) is 5.39. The number of aryl methyl sites for hydroxylation is 2. The molecule has 1 atom stereocenters. The van der Waals surface area contributed by atoms with Crippen LogP contribution in [0.4, 0.5) is 0 Å². The van der Waals surface area contributed by atoms with Gasteiger partial charge in [0, 0.05) is 6.54 Å². The summed E-state index contributed by atoms with van der Waals surface area (Å²) in [5, 5.41) is 10.1. The highest BCUT2D eigenvalue weighted by Crippen LogP contribution is 2.18. The van der Waals surface area contributed by atoms with Crippen molar-refractivity contribution < 1.29 is 18.3 Å². The van der Waals surface area contributed by atoms with Crippen LogP contribution in [0.15, 0.2) is 47.4 Å². The lowest BCUT2D eigenvalue weighted by Gasteiger charge is -2.14. The fourth-order valence-corrected chi connectivity index (χ4v) is 3.22. The molecular weight excluding hydrogens is 314 g/mol. The van der Waals surface area contributed by atoms with Gasteiger partial charge in [-0.1, -0.05) is 18.2 Å². The van der Waals surface area contributed by atoms with Crippen molar-refractivity contribution in [2.24, 2.45) is 0 Å². The fourth-order valence-electron chi connectivity index (χ4n) is 2.10. The van der Waals surface area contributed by atoms with Crippen LogP contribution in [0.3, 0.4) is 0 Å². The molecule has 0 aliphatic carbocycles. The molecule has 124 valence electrons. The third-order valence-corrected chi connectivity index (χ3v) is 5.18. The molecule has 0 aromatic heterocycles. The van der Waals surface area contributed by atoms with Gasteiger partial charge in [0.2, 0.25) is 10.0 Å². The van der Waals surface area contributed by atoms with Gasteiger partial charge in [-0.25, -0.2) is 13.1 Å². The van der Waals surface area contributed by atoms with Crippen LogP contribution < -0.4 is 9.46 Å². The summed E-state index contributed by atoms with van der Waals surface area (Å²) in [4.78, 5) is 0.197. The molecule has 1 unspecified atom stereocenters. The molecule has 0 spiro atoms. The number of ether oxygens (including phenoxy) is 1. The second-order valence-corrected chi connectivity index (χ2v) is 7.15. The van der Waals surface area contributed by atoms with Gasteiger partial charge in [0.25, 0.3) is 0 Å². The highest BCUT2D eigenvalue weighted by atomic mass is 32.2. The molecule has 0 bridgehead atoms. The first-order chi connectivity index (χ1) is 10.8. The highest BCUT2D eigenvalue weighted by molar-refractivity contribution is 7.89. The van der Waals surface area contributed by atoms with Crippen LogP contribution >= 0.6 is 0 Å². The predicted octanol–water partition coefficient (Wildman–Crippen LogP) is 2.32. The minimum absolute atomic E-state index is 0.0956. The van der Waals surface area contributed by atoms with Crippen LogP contribution in [0.25, 0.3) is 0 Å². The number of rotatable bonds is 6. The second kappa shape index (κ2) is 7.12. The molecular formula is C17H21NO4S. The van der Waals surface area contributed by atoms with E-state index in [1.54, 1.807) is 49.6 Å². The van der Waals surface area contributed by atoms with Crippen molar-refractivity contribution in [1.29, 1.82) is 0 Å². The number of nitrogens with one attached hydrogen (secondary N) is 1. The van der Waals surface area contributed by atoms with Crippen molar-refractivity contribution in [2.45, 2.75) is 24.8 Å². The van der Waals surface area contributed by atoms with E-state index in [4.69, 9.17) is 4.74 Å². The Kier molecular flexibility index (Phi) is 5.41. The normalized spacial score (nSPS) is 12.9. The summed E-state index contributed by atoms with van der Waals surface area (Å²) >= 11 is 0. The molecule has 0 saturated heterocycles. The average molecular weight is 335 g/mol. The van der Waals surface area contributed by atoms with Crippen molar-refractivity contribution in [3.8, 4) is 5.75 Å². The van der Waals surface area contributed by atoms with E-state index < -0.39 is 16.1 Å². The van der Waals surface area contributed by atoms with Crippen molar-refractivity contribution >= 4 is 10.0 Å². The van der Waals surface area contributed by atoms with E-state index in [0.717, 1.165) is 11.1 Å². The topological polar surface area (TPSA) is 75.6 Å². The molecule has 0 aliphatic rings. The van der Waals surface area contributed by atoms with Gasteiger partial charge in [-0.3, -0.25) is 0 Å². The molecule has 0 amide bonds. The molecule has 2 N–H and O–H groups in total. The molecule has 23 heavy (non-hydrogen) atoms. The maximum atomic E-state index is 12.3. The van der Waals surface area contributed by atoms with E-state index in [9.17, 15) is 13.5 Å². The van der Waals surface area contributed by atoms with E-state index >= 15 is 0 Å². The zero-order chi connectivity index (χ0) is 17.0. The lowest BCUT2D eigenvalue weighted by Crippen LogP contribution is -2.28. The average Bonchev–Trinajstić information content (AvgIpc) is 2.55. The van der Waals surface area contributed by atoms with Gasteiger partial charge in [0.1, 0.15) is 5.75 Å². The third kappa shape index (κ3) is 4.31. The Morgan fingerprint density at radius 2 is 1.74 bits per heavy atom. The van der Waals surface area contributed by atoms with Crippen LogP contribution in [0.1, 0.15) is 22.8 Å². The summed E-state index contributed by atoms with van der Waals surface area (Å²) in [6.07, 6.45) is -0.928. The van der Waals surface area contributed by atoms with Gasteiger partial charge < -0.3 is 9.84 Å². The molecule has 0 fully saturated rings. The van der Waals surface area contributed by atoms with Crippen LogP contribution in [0.5, 0.6) is 5.75 Å². The Bertz CT molecular complexity index is 770. The smallest absolute Gasteiger partial charge is 0.240 e. The molecule has 2 aromatic rings. The van der Waals surface area contributed by atoms with E-state index in [1.807, 2.05) is 13.8 Å².